The van der Waals surface area contributed by atoms with Gasteiger partial charge in [-0.05, 0) is 12.8 Å². The molecule has 1 aromatic rings. The van der Waals surface area contributed by atoms with E-state index in [2.05, 4.69) is 4.74 Å². The number of hydrogen-bond donors (Lipinski definition) is 3. The van der Waals surface area contributed by atoms with E-state index in [4.69, 9.17) is 5.41 Å². The lowest BCUT2D eigenvalue weighted by atomic mass is 9.93. The predicted octanol–water partition coefficient (Wildman–Crippen LogP) is 1.05. The minimum absolute atomic E-state index is 0.0496. The minimum atomic E-state index is 0.0496. The minimum Gasteiger partial charge on any atom is -0.494 e. The Morgan fingerprint density at radius 1 is 1.21 bits per heavy atom. The molecule has 1 aromatic heterocycles. The maximum Gasteiger partial charge on any atom is 0.201 e. The summed E-state index contributed by atoms with van der Waals surface area (Å²) in [5, 5.41) is 25.8. The summed E-state index contributed by atoms with van der Waals surface area (Å²) in [6.07, 6.45) is 4.93. The summed E-state index contributed by atoms with van der Waals surface area (Å²) in [4.78, 5) is 0. The first-order valence-corrected chi connectivity index (χ1v) is 4.20. The molecule has 1 heterocycles. The van der Waals surface area contributed by atoms with E-state index in [9.17, 15) is 10.2 Å². The maximum absolute atomic E-state index is 9.59. The lowest BCUT2D eigenvalue weighted by molar-refractivity contribution is 0.404. The molecule has 0 unspecified atom stereocenters. The van der Waals surface area contributed by atoms with Gasteiger partial charge in [-0.1, -0.05) is 0 Å². The predicted molar refractivity (Wildman–Crippen MR) is 50.4 cm³/mol. The lowest BCUT2D eigenvalue weighted by Crippen LogP contribution is -2.03. The Kier molecular flexibility index (Phi) is 1.92. The van der Waals surface area contributed by atoms with E-state index >= 15 is 0 Å². The van der Waals surface area contributed by atoms with Crippen LogP contribution in [0.4, 0.5) is 0 Å². The number of aromatic hydroxyl groups is 2. The number of fused-ring (bicyclic) bond motifs is 1. The number of nitrogens with one attached hydrogen (secondary N) is 1. The Labute approximate surface area is 80.4 Å². The number of nitrogens with zero attached hydrogens (tertiary/aromatic N) is 1. The van der Waals surface area contributed by atoms with Crippen molar-refractivity contribution >= 4 is 12.6 Å². The second kappa shape index (κ2) is 3.10. The fourth-order valence-corrected chi connectivity index (χ4v) is 1.54. The zero-order valence-corrected chi connectivity index (χ0v) is 7.40. The van der Waals surface area contributed by atoms with Crippen LogP contribution in [0.1, 0.15) is 11.1 Å². The molecule has 0 saturated carbocycles. The summed E-state index contributed by atoms with van der Waals surface area (Å²) < 4.78 is 5.77. The van der Waals surface area contributed by atoms with E-state index in [-0.39, 0.29) is 11.8 Å². The Morgan fingerprint density at radius 3 is 2.21 bits per heavy atom. The highest BCUT2D eigenvalue weighted by Gasteiger charge is 2.27. The van der Waals surface area contributed by atoms with E-state index in [1.54, 1.807) is 0 Å². The molecule has 0 aromatic carbocycles. The molecule has 5 heteroatoms. The van der Waals surface area contributed by atoms with Crippen LogP contribution in [0.3, 0.4) is 0 Å². The molecule has 0 radical (unpaired) electrons. The molecule has 3 N–H and O–H groups in total. The molecule has 5 nitrogen and oxygen atoms in total. The standard InChI is InChI=1S/C9H10N2O3/c10-5-14-4-3-11-8(12)6-1-2-7(6)9(11)13/h3-5,10,12-13H,1-2H2. The zero-order chi connectivity index (χ0) is 10.1. The van der Waals surface area contributed by atoms with Gasteiger partial charge in [0.15, 0.2) is 6.40 Å². The molecule has 0 fully saturated rings. The average Bonchev–Trinajstić information content (AvgIpc) is 2.23. The fraction of sp³-hybridized carbons (Fsp3) is 0.222. The second-order valence-electron chi connectivity index (χ2n) is 3.01. The molecule has 1 aliphatic carbocycles. The van der Waals surface area contributed by atoms with Gasteiger partial charge in [0.1, 0.15) is 6.26 Å². The number of aromatic nitrogens is 1. The number of ether oxygens (including phenoxy) is 1. The highest BCUT2D eigenvalue weighted by atomic mass is 16.5. The van der Waals surface area contributed by atoms with E-state index < -0.39 is 0 Å². The summed E-state index contributed by atoms with van der Waals surface area (Å²) in [6, 6.07) is 0. The van der Waals surface area contributed by atoms with Crippen LogP contribution < -0.4 is 0 Å². The van der Waals surface area contributed by atoms with Gasteiger partial charge >= 0.3 is 0 Å². The van der Waals surface area contributed by atoms with Crippen LogP contribution >= 0.6 is 0 Å². The normalized spacial score (nSPS) is 13.7. The van der Waals surface area contributed by atoms with Crippen molar-refractivity contribution in [3.8, 4) is 11.8 Å². The second-order valence-corrected chi connectivity index (χ2v) is 3.01. The van der Waals surface area contributed by atoms with Crippen molar-refractivity contribution in [2.45, 2.75) is 12.8 Å². The summed E-state index contributed by atoms with van der Waals surface area (Å²) in [5.74, 6) is 0.0992. The Balaban J connectivity index is 2.33. The van der Waals surface area contributed by atoms with Crippen LogP contribution in [0.25, 0.3) is 6.20 Å². The van der Waals surface area contributed by atoms with Crippen LogP contribution in [-0.4, -0.2) is 21.2 Å². The quantitative estimate of drug-likeness (QED) is 0.382. The third kappa shape index (κ3) is 1.06. The third-order valence-corrected chi connectivity index (χ3v) is 2.34. The molecular weight excluding hydrogens is 184 g/mol. The van der Waals surface area contributed by atoms with Crippen molar-refractivity contribution in [3.05, 3.63) is 17.4 Å². The van der Waals surface area contributed by atoms with Crippen molar-refractivity contribution in [1.82, 2.24) is 4.57 Å². The molecule has 14 heavy (non-hydrogen) atoms. The molecule has 0 atom stereocenters. The first-order valence-electron chi connectivity index (χ1n) is 4.20. The first-order chi connectivity index (χ1) is 6.75. The Hall–Kier alpha value is -1.91. The molecule has 0 spiro atoms. The van der Waals surface area contributed by atoms with E-state index in [1.807, 2.05) is 0 Å². The Morgan fingerprint density at radius 2 is 1.79 bits per heavy atom. The SMILES string of the molecule is N=COC=Cn1c(O)c2c(c1O)CC2. The van der Waals surface area contributed by atoms with Gasteiger partial charge in [-0.15, -0.1) is 0 Å². The topological polar surface area (TPSA) is 78.5 Å². The fourth-order valence-electron chi connectivity index (χ4n) is 1.54. The van der Waals surface area contributed by atoms with Gasteiger partial charge in [0.2, 0.25) is 11.8 Å². The van der Waals surface area contributed by atoms with Crippen LogP contribution in [0, 0.1) is 5.41 Å². The van der Waals surface area contributed by atoms with Crippen LogP contribution in [0.15, 0.2) is 6.26 Å². The van der Waals surface area contributed by atoms with Crippen molar-refractivity contribution in [1.29, 1.82) is 5.41 Å². The number of hydrogen-bond acceptors (Lipinski definition) is 4. The highest BCUT2D eigenvalue weighted by Crippen LogP contribution is 2.41. The van der Waals surface area contributed by atoms with E-state index in [0.717, 1.165) is 30.4 Å². The van der Waals surface area contributed by atoms with Gasteiger partial charge in [0, 0.05) is 11.1 Å². The maximum atomic E-state index is 9.59. The summed E-state index contributed by atoms with van der Waals surface area (Å²) in [5.41, 5.74) is 1.59. The molecule has 2 rings (SSSR count). The molecule has 0 bridgehead atoms. The van der Waals surface area contributed by atoms with Crippen molar-refractivity contribution in [3.63, 3.8) is 0 Å². The zero-order valence-electron chi connectivity index (χ0n) is 7.40. The molecule has 0 amide bonds. The van der Waals surface area contributed by atoms with Crippen LogP contribution in [0.5, 0.6) is 11.8 Å². The van der Waals surface area contributed by atoms with E-state index in [0.29, 0.717) is 0 Å². The lowest BCUT2D eigenvalue weighted by Gasteiger charge is -2.11. The van der Waals surface area contributed by atoms with Crippen molar-refractivity contribution in [2.24, 2.45) is 0 Å². The first kappa shape index (κ1) is 8.68. The molecule has 1 aliphatic rings. The van der Waals surface area contributed by atoms with Crippen LogP contribution in [-0.2, 0) is 17.6 Å². The molecular formula is C9H10N2O3. The summed E-state index contributed by atoms with van der Waals surface area (Å²) in [6.45, 7) is 0. The van der Waals surface area contributed by atoms with Crippen molar-refractivity contribution in [2.75, 3.05) is 0 Å². The van der Waals surface area contributed by atoms with Gasteiger partial charge in [0.05, 0.1) is 6.20 Å². The van der Waals surface area contributed by atoms with Crippen molar-refractivity contribution < 1.29 is 14.9 Å². The monoisotopic (exact) mass is 194 g/mol. The third-order valence-electron chi connectivity index (χ3n) is 2.34. The largest absolute Gasteiger partial charge is 0.494 e. The van der Waals surface area contributed by atoms with Crippen LogP contribution in [0.2, 0.25) is 0 Å². The van der Waals surface area contributed by atoms with E-state index in [1.165, 1.54) is 17.0 Å². The van der Waals surface area contributed by atoms with Gasteiger partial charge in [-0.3, -0.25) is 9.98 Å². The van der Waals surface area contributed by atoms with Gasteiger partial charge in [-0.25, -0.2) is 0 Å². The summed E-state index contributed by atoms with van der Waals surface area (Å²) >= 11 is 0. The smallest absolute Gasteiger partial charge is 0.201 e. The summed E-state index contributed by atoms with van der Waals surface area (Å²) in [7, 11) is 0. The highest BCUT2D eigenvalue weighted by molar-refractivity contribution is 5.56. The number of rotatable bonds is 3. The van der Waals surface area contributed by atoms with Gasteiger partial charge in [0.25, 0.3) is 0 Å². The van der Waals surface area contributed by atoms with Gasteiger partial charge < -0.3 is 14.9 Å². The van der Waals surface area contributed by atoms with Gasteiger partial charge in [-0.2, -0.15) is 0 Å². The molecule has 0 aliphatic heterocycles. The average molecular weight is 194 g/mol. The molecule has 74 valence electrons. The molecule has 0 saturated heterocycles. The Bertz CT molecular complexity index is 379.